The third kappa shape index (κ3) is 5.06. The van der Waals surface area contributed by atoms with Gasteiger partial charge >= 0.3 is 5.97 Å². The zero-order valence-corrected chi connectivity index (χ0v) is 19.1. The lowest BCUT2D eigenvalue weighted by atomic mass is 9.81. The van der Waals surface area contributed by atoms with Crippen LogP contribution in [0.25, 0.3) is 0 Å². The average molecular weight is 530 g/mol. The molecular formula is C20H22Br2N2O5. The van der Waals surface area contributed by atoms with E-state index in [0.717, 1.165) is 16.9 Å². The monoisotopic (exact) mass is 528 g/mol. The number of hydrogen-bond donors (Lipinski definition) is 1. The molecule has 1 aromatic carbocycles. The van der Waals surface area contributed by atoms with Crippen LogP contribution in [0.15, 0.2) is 24.3 Å². The molecule has 9 heteroatoms. The van der Waals surface area contributed by atoms with Gasteiger partial charge in [-0.25, -0.2) is 0 Å². The Kier molecular flexibility index (Phi) is 7.10. The Bertz CT molecular complexity index is 786. The fourth-order valence-electron chi connectivity index (χ4n) is 3.66. The number of aryl methyl sites for hydroxylation is 1. The van der Waals surface area contributed by atoms with Crippen molar-refractivity contribution in [2.45, 2.75) is 35.8 Å². The summed E-state index contributed by atoms with van der Waals surface area (Å²) in [5.41, 5.74) is 1.75. The van der Waals surface area contributed by atoms with Gasteiger partial charge in [0.25, 0.3) is 5.91 Å². The molecule has 3 amide bonds. The second kappa shape index (κ2) is 9.38. The predicted molar refractivity (Wildman–Crippen MR) is 114 cm³/mol. The summed E-state index contributed by atoms with van der Waals surface area (Å²) < 4.78 is 4.96. The Morgan fingerprint density at radius 2 is 1.62 bits per heavy atom. The van der Waals surface area contributed by atoms with Gasteiger partial charge in [-0.1, -0.05) is 50.9 Å². The summed E-state index contributed by atoms with van der Waals surface area (Å²) in [5.74, 6) is -2.79. The van der Waals surface area contributed by atoms with E-state index in [1.807, 2.05) is 19.1 Å². The molecule has 0 radical (unpaired) electrons. The van der Waals surface area contributed by atoms with E-state index >= 15 is 0 Å². The maximum absolute atomic E-state index is 12.6. The SMILES string of the molecule is CCc1ccc(NC(=O)COC(=O)CN2C(=O)[C@@H]3C[C@H](Br)[C@@H](Br)C[C@H]3C2=O)cc1. The summed E-state index contributed by atoms with van der Waals surface area (Å²) in [4.78, 5) is 50.3. The molecule has 0 unspecified atom stereocenters. The molecule has 3 rings (SSSR count). The molecule has 1 N–H and O–H groups in total. The van der Waals surface area contributed by atoms with E-state index in [4.69, 9.17) is 4.74 Å². The fourth-order valence-corrected chi connectivity index (χ4v) is 4.90. The first-order valence-electron chi connectivity index (χ1n) is 9.48. The quantitative estimate of drug-likeness (QED) is 0.347. The summed E-state index contributed by atoms with van der Waals surface area (Å²) in [6.07, 6.45) is 1.97. The topological polar surface area (TPSA) is 92.8 Å². The highest BCUT2D eigenvalue weighted by Gasteiger charge is 2.52. The number of carbonyl (C=O) groups excluding carboxylic acids is 4. The van der Waals surface area contributed by atoms with Crippen LogP contribution >= 0.6 is 31.9 Å². The van der Waals surface area contributed by atoms with Crippen LogP contribution in [0.4, 0.5) is 5.69 Å². The number of alkyl halides is 2. The zero-order chi connectivity index (χ0) is 21.1. The molecule has 156 valence electrons. The van der Waals surface area contributed by atoms with Crippen LogP contribution in [0.1, 0.15) is 25.3 Å². The molecule has 2 aliphatic rings. The van der Waals surface area contributed by atoms with E-state index < -0.39 is 36.9 Å². The molecule has 2 fully saturated rings. The summed E-state index contributed by atoms with van der Waals surface area (Å²) in [7, 11) is 0. The van der Waals surface area contributed by atoms with Crippen LogP contribution in [0.2, 0.25) is 0 Å². The van der Waals surface area contributed by atoms with Gasteiger partial charge in [0.2, 0.25) is 11.8 Å². The normalized spacial score (nSPS) is 26.2. The largest absolute Gasteiger partial charge is 0.454 e. The lowest BCUT2D eigenvalue weighted by Gasteiger charge is -2.29. The van der Waals surface area contributed by atoms with Gasteiger partial charge < -0.3 is 10.1 Å². The van der Waals surface area contributed by atoms with Gasteiger partial charge in [0.15, 0.2) is 6.61 Å². The van der Waals surface area contributed by atoms with E-state index in [1.54, 1.807) is 12.1 Å². The van der Waals surface area contributed by atoms with E-state index in [2.05, 4.69) is 37.2 Å². The Hall–Kier alpha value is -1.74. The number of carbonyl (C=O) groups is 4. The Morgan fingerprint density at radius 1 is 1.07 bits per heavy atom. The summed E-state index contributed by atoms with van der Waals surface area (Å²) in [6.45, 7) is 1.09. The van der Waals surface area contributed by atoms with Crippen LogP contribution in [0, 0.1) is 11.8 Å². The molecule has 4 atom stereocenters. The number of halogens is 2. The number of imide groups is 1. The Labute approximate surface area is 185 Å². The maximum atomic E-state index is 12.6. The van der Waals surface area contributed by atoms with E-state index in [9.17, 15) is 19.2 Å². The Balaban J connectivity index is 1.49. The van der Waals surface area contributed by atoms with Gasteiger partial charge in [-0.3, -0.25) is 24.1 Å². The first-order valence-corrected chi connectivity index (χ1v) is 11.3. The number of esters is 1. The Morgan fingerprint density at radius 3 is 2.14 bits per heavy atom. The molecule has 0 bridgehead atoms. The lowest BCUT2D eigenvalue weighted by molar-refractivity contribution is -0.154. The van der Waals surface area contributed by atoms with Crippen LogP contribution in [-0.4, -0.2) is 51.4 Å². The molecule has 0 aromatic heterocycles. The van der Waals surface area contributed by atoms with Crippen LogP contribution in [0.3, 0.4) is 0 Å². The second-order valence-electron chi connectivity index (χ2n) is 7.24. The number of nitrogens with one attached hydrogen (secondary N) is 1. The molecule has 1 aliphatic carbocycles. The molecule has 1 aromatic rings. The van der Waals surface area contributed by atoms with Gasteiger partial charge in [-0.15, -0.1) is 0 Å². The van der Waals surface area contributed by atoms with Gasteiger partial charge in [-0.2, -0.15) is 0 Å². The van der Waals surface area contributed by atoms with Crippen molar-refractivity contribution in [3.8, 4) is 0 Å². The fraction of sp³-hybridized carbons (Fsp3) is 0.500. The van der Waals surface area contributed by atoms with Crippen molar-refractivity contribution in [3.63, 3.8) is 0 Å². The summed E-state index contributed by atoms with van der Waals surface area (Å²) >= 11 is 7.04. The highest BCUT2D eigenvalue weighted by Crippen LogP contribution is 2.43. The van der Waals surface area contributed by atoms with Crippen molar-refractivity contribution in [3.05, 3.63) is 29.8 Å². The summed E-state index contributed by atoms with van der Waals surface area (Å²) in [5, 5.41) is 2.64. The third-order valence-corrected chi connectivity index (χ3v) is 8.03. The van der Waals surface area contributed by atoms with Crippen molar-refractivity contribution in [1.82, 2.24) is 4.90 Å². The number of amides is 3. The number of benzene rings is 1. The first-order chi connectivity index (χ1) is 13.8. The molecular weight excluding hydrogens is 508 g/mol. The molecule has 7 nitrogen and oxygen atoms in total. The first kappa shape index (κ1) is 22.0. The minimum absolute atomic E-state index is 0.0995. The molecule has 1 saturated heterocycles. The van der Waals surface area contributed by atoms with E-state index in [1.165, 1.54) is 0 Å². The smallest absolute Gasteiger partial charge is 0.326 e. The van der Waals surface area contributed by atoms with E-state index in [-0.39, 0.29) is 21.5 Å². The van der Waals surface area contributed by atoms with Crippen molar-refractivity contribution < 1.29 is 23.9 Å². The van der Waals surface area contributed by atoms with Gasteiger partial charge in [0.1, 0.15) is 6.54 Å². The zero-order valence-electron chi connectivity index (χ0n) is 15.9. The van der Waals surface area contributed by atoms with Gasteiger partial charge in [0.05, 0.1) is 11.8 Å². The number of rotatable bonds is 6. The van der Waals surface area contributed by atoms with Crippen molar-refractivity contribution in [2.24, 2.45) is 11.8 Å². The highest BCUT2D eigenvalue weighted by molar-refractivity contribution is 9.12. The minimum atomic E-state index is -0.785. The molecule has 0 spiro atoms. The van der Waals surface area contributed by atoms with Crippen LogP contribution < -0.4 is 5.32 Å². The number of anilines is 1. The second-order valence-corrected chi connectivity index (χ2v) is 9.59. The number of hydrogen-bond acceptors (Lipinski definition) is 5. The average Bonchev–Trinajstić information content (AvgIpc) is 2.92. The molecule has 1 saturated carbocycles. The molecule has 1 heterocycles. The van der Waals surface area contributed by atoms with E-state index in [0.29, 0.717) is 18.5 Å². The number of nitrogens with zero attached hydrogens (tertiary/aromatic N) is 1. The van der Waals surface area contributed by atoms with Crippen LogP contribution in [0.5, 0.6) is 0 Å². The number of likely N-dealkylation sites (tertiary alicyclic amines) is 1. The lowest BCUT2D eigenvalue weighted by Crippen LogP contribution is -2.37. The van der Waals surface area contributed by atoms with Gasteiger partial charge in [0, 0.05) is 15.3 Å². The predicted octanol–water partition coefficient (Wildman–Crippen LogP) is 2.65. The van der Waals surface area contributed by atoms with Crippen molar-refractivity contribution in [1.29, 1.82) is 0 Å². The van der Waals surface area contributed by atoms with Crippen molar-refractivity contribution >= 4 is 61.2 Å². The van der Waals surface area contributed by atoms with Gasteiger partial charge in [-0.05, 0) is 37.0 Å². The summed E-state index contributed by atoms with van der Waals surface area (Å²) in [6, 6.07) is 7.35. The third-order valence-electron chi connectivity index (χ3n) is 5.30. The van der Waals surface area contributed by atoms with Crippen LogP contribution in [-0.2, 0) is 30.3 Å². The van der Waals surface area contributed by atoms with Crippen molar-refractivity contribution in [2.75, 3.05) is 18.5 Å². The number of fused-ring (bicyclic) bond motifs is 1. The standard InChI is InChI=1S/C20H22Br2N2O5/c1-2-11-3-5-12(6-4-11)23-17(25)10-29-18(26)9-24-19(27)13-7-15(21)16(22)8-14(13)20(24)28/h3-6,13-16H,2,7-10H2,1H3,(H,23,25)/t13-,14-,15+,16+/m1/s1. The molecule has 29 heavy (non-hydrogen) atoms. The minimum Gasteiger partial charge on any atom is -0.454 e. The number of ether oxygens (including phenoxy) is 1. The highest BCUT2D eigenvalue weighted by atomic mass is 79.9. The molecule has 1 aliphatic heterocycles. The maximum Gasteiger partial charge on any atom is 0.326 e.